The Morgan fingerprint density at radius 3 is 2.59 bits per heavy atom. The smallest absolute Gasteiger partial charge is 0.135 e. The van der Waals surface area contributed by atoms with Crippen LogP contribution in [0.3, 0.4) is 0 Å². The Balaban J connectivity index is 2.26. The minimum absolute atomic E-state index is 0.472. The first kappa shape index (κ1) is 13.2. The van der Waals surface area contributed by atoms with E-state index < -0.39 is 0 Å². The van der Waals surface area contributed by atoms with Gasteiger partial charge in [-0.3, -0.25) is 0 Å². The van der Waals surface area contributed by atoms with Gasteiger partial charge < -0.3 is 5.73 Å². The highest BCUT2D eigenvalue weighted by atomic mass is 127. The van der Waals surface area contributed by atoms with Gasteiger partial charge in [0.1, 0.15) is 5.82 Å². The monoisotopic (exact) mass is 347 g/mol. The summed E-state index contributed by atoms with van der Waals surface area (Å²) >= 11 is 2.29. The van der Waals surface area contributed by atoms with Crippen molar-refractivity contribution in [1.82, 2.24) is 9.78 Å². The molecule has 1 fully saturated rings. The van der Waals surface area contributed by atoms with Crippen molar-refractivity contribution in [3.05, 3.63) is 9.26 Å². The highest BCUT2D eigenvalue weighted by Crippen LogP contribution is 2.44. The summed E-state index contributed by atoms with van der Waals surface area (Å²) in [6.45, 7) is 9.09. The predicted molar refractivity (Wildman–Crippen MR) is 79.9 cm³/mol. The van der Waals surface area contributed by atoms with Crippen molar-refractivity contribution in [2.45, 2.75) is 53.0 Å². The van der Waals surface area contributed by atoms with E-state index in [4.69, 9.17) is 5.73 Å². The molecule has 0 aromatic carbocycles. The van der Waals surface area contributed by atoms with E-state index in [9.17, 15) is 0 Å². The summed E-state index contributed by atoms with van der Waals surface area (Å²) < 4.78 is 3.18. The fourth-order valence-electron chi connectivity index (χ4n) is 3.09. The van der Waals surface area contributed by atoms with Gasteiger partial charge in [-0.15, -0.1) is 0 Å². The molecule has 1 aromatic rings. The third kappa shape index (κ3) is 2.46. The Morgan fingerprint density at radius 1 is 1.47 bits per heavy atom. The van der Waals surface area contributed by atoms with Crippen LogP contribution in [0.5, 0.6) is 0 Å². The molecule has 17 heavy (non-hydrogen) atoms. The van der Waals surface area contributed by atoms with E-state index >= 15 is 0 Å². The standard InChI is InChI=1S/C13H22IN3/c1-8-7-13(3,4)6-5-10(8)17-12(15)11(14)9(2)16-17/h8,10H,5-7,15H2,1-4H3. The molecule has 0 aliphatic heterocycles. The Morgan fingerprint density at radius 2 is 2.12 bits per heavy atom. The molecule has 2 N–H and O–H groups in total. The summed E-state index contributed by atoms with van der Waals surface area (Å²) in [6, 6.07) is 0.477. The molecule has 3 nitrogen and oxygen atoms in total. The fraction of sp³-hybridized carbons (Fsp3) is 0.769. The van der Waals surface area contributed by atoms with Gasteiger partial charge in [-0.2, -0.15) is 5.10 Å². The summed E-state index contributed by atoms with van der Waals surface area (Å²) in [6.07, 6.45) is 3.71. The van der Waals surface area contributed by atoms with Gasteiger partial charge in [-0.25, -0.2) is 4.68 Å². The molecule has 1 heterocycles. The number of anilines is 1. The number of rotatable bonds is 1. The van der Waals surface area contributed by atoms with Gasteiger partial charge in [-0.1, -0.05) is 20.8 Å². The van der Waals surface area contributed by atoms with Gasteiger partial charge in [-0.05, 0) is 60.1 Å². The van der Waals surface area contributed by atoms with Crippen LogP contribution < -0.4 is 5.73 Å². The van der Waals surface area contributed by atoms with Crippen molar-refractivity contribution in [2.75, 3.05) is 5.73 Å². The summed E-state index contributed by atoms with van der Waals surface area (Å²) in [4.78, 5) is 0. The first-order chi connectivity index (χ1) is 7.82. The van der Waals surface area contributed by atoms with Gasteiger partial charge >= 0.3 is 0 Å². The number of aryl methyl sites for hydroxylation is 1. The van der Waals surface area contributed by atoms with Crippen molar-refractivity contribution in [2.24, 2.45) is 11.3 Å². The molecule has 2 rings (SSSR count). The van der Waals surface area contributed by atoms with E-state index in [-0.39, 0.29) is 0 Å². The maximum atomic E-state index is 6.16. The highest BCUT2D eigenvalue weighted by Gasteiger charge is 2.34. The van der Waals surface area contributed by atoms with Crippen molar-refractivity contribution < 1.29 is 0 Å². The first-order valence-electron chi connectivity index (χ1n) is 6.32. The number of aromatic nitrogens is 2. The maximum Gasteiger partial charge on any atom is 0.135 e. The molecular formula is C13H22IN3. The van der Waals surface area contributed by atoms with E-state index in [1.165, 1.54) is 19.3 Å². The van der Waals surface area contributed by atoms with Gasteiger partial charge in [0.25, 0.3) is 0 Å². The molecule has 0 saturated heterocycles. The molecule has 1 aliphatic carbocycles. The third-order valence-electron chi connectivity index (χ3n) is 4.01. The van der Waals surface area contributed by atoms with E-state index in [1.54, 1.807) is 0 Å². The second-order valence-electron chi connectivity index (χ2n) is 6.18. The van der Waals surface area contributed by atoms with Crippen molar-refractivity contribution >= 4 is 28.4 Å². The lowest BCUT2D eigenvalue weighted by atomic mass is 9.70. The minimum atomic E-state index is 0.472. The molecule has 2 unspecified atom stereocenters. The Hall–Kier alpha value is -0.260. The molecule has 1 saturated carbocycles. The van der Waals surface area contributed by atoms with Crippen LogP contribution in [0.2, 0.25) is 0 Å². The lowest BCUT2D eigenvalue weighted by Gasteiger charge is -2.39. The molecule has 1 aromatic heterocycles. The maximum absolute atomic E-state index is 6.16. The molecule has 4 heteroatoms. The van der Waals surface area contributed by atoms with E-state index in [0.29, 0.717) is 17.4 Å². The van der Waals surface area contributed by atoms with Crippen LogP contribution in [0.1, 0.15) is 51.8 Å². The molecule has 0 radical (unpaired) electrons. The van der Waals surface area contributed by atoms with E-state index in [0.717, 1.165) is 15.1 Å². The van der Waals surface area contributed by atoms with Gasteiger partial charge in [0, 0.05) is 0 Å². The summed E-state index contributed by atoms with van der Waals surface area (Å²) in [5, 5.41) is 4.62. The zero-order valence-corrected chi connectivity index (χ0v) is 13.3. The van der Waals surface area contributed by atoms with Gasteiger partial charge in [0.2, 0.25) is 0 Å². The Kier molecular flexibility index (Phi) is 3.45. The first-order valence-corrected chi connectivity index (χ1v) is 7.40. The van der Waals surface area contributed by atoms with Crippen molar-refractivity contribution in [3.8, 4) is 0 Å². The number of hydrogen-bond donors (Lipinski definition) is 1. The van der Waals surface area contributed by atoms with Crippen molar-refractivity contribution in [3.63, 3.8) is 0 Å². The zero-order chi connectivity index (χ0) is 12.8. The second-order valence-corrected chi connectivity index (χ2v) is 7.26. The number of nitrogen functional groups attached to an aromatic ring is 1. The SMILES string of the molecule is Cc1nn(C2CCC(C)(C)CC2C)c(N)c1I. The highest BCUT2D eigenvalue weighted by molar-refractivity contribution is 14.1. The summed E-state index contributed by atoms with van der Waals surface area (Å²) in [5.41, 5.74) is 7.68. The number of halogens is 1. The normalized spacial score (nSPS) is 28.3. The van der Waals surface area contributed by atoms with Gasteiger partial charge in [0.05, 0.1) is 15.3 Å². The molecule has 2 atom stereocenters. The summed E-state index contributed by atoms with van der Waals surface area (Å²) in [7, 11) is 0. The second kappa shape index (κ2) is 4.44. The van der Waals surface area contributed by atoms with E-state index in [2.05, 4.69) is 53.1 Å². The topological polar surface area (TPSA) is 43.8 Å². The molecule has 0 spiro atoms. The molecule has 0 amide bonds. The minimum Gasteiger partial charge on any atom is -0.383 e. The average molecular weight is 347 g/mol. The molecular weight excluding hydrogens is 325 g/mol. The Bertz CT molecular complexity index is 423. The summed E-state index contributed by atoms with van der Waals surface area (Å²) in [5.74, 6) is 1.50. The largest absolute Gasteiger partial charge is 0.383 e. The van der Waals surface area contributed by atoms with Crippen LogP contribution in [0.15, 0.2) is 0 Å². The number of hydrogen-bond acceptors (Lipinski definition) is 2. The zero-order valence-electron chi connectivity index (χ0n) is 11.1. The van der Waals surface area contributed by atoms with E-state index in [1.807, 2.05) is 6.92 Å². The lowest BCUT2D eigenvalue weighted by molar-refractivity contribution is 0.127. The number of nitrogens with two attached hydrogens (primary N) is 1. The molecule has 1 aliphatic rings. The quantitative estimate of drug-likeness (QED) is 0.786. The average Bonchev–Trinajstić information content (AvgIpc) is 2.45. The van der Waals surface area contributed by atoms with Crippen LogP contribution >= 0.6 is 22.6 Å². The molecule has 96 valence electrons. The Labute approximate surface area is 117 Å². The van der Waals surface area contributed by atoms with Crippen LogP contribution in [-0.4, -0.2) is 9.78 Å². The molecule has 0 bridgehead atoms. The third-order valence-corrected chi connectivity index (χ3v) is 5.34. The van der Waals surface area contributed by atoms with Gasteiger partial charge in [0.15, 0.2) is 0 Å². The fourth-order valence-corrected chi connectivity index (χ4v) is 3.45. The van der Waals surface area contributed by atoms with Crippen LogP contribution in [-0.2, 0) is 0 Å². The van der Waals surface area contributed by atoms with Crippen LogP contribution in [0.4, 0.5) is 5.82 Å². The van der Waals surface area contributed by atoms with Crippen LogP contribution in [0.25, 0.3) is 0 Å². The van der Waals surface area contributed by atoms with Crippen LogP contribution in [0, 0.1) is 21.8 Å². The van der Waals surface area contributed by atoms with Crippen molar-refractivity contribution in [1.29, 1.82) is 0 Å². The lowest BCUT2D eigenvalue weighted by Crippen LogP contribution is -2.31. The predicted octanol–water partition coefficient (Wildman–Crippen LogP) is 3.77. The number of nitrogens with zero attached hydrogens (tertiary/aromatic N) is 2.